The van der Waals surface area contributed by atoms with Crippen LogP contribution in [0, 0.1) is 23.7 Å². The van der Waals surface area contributed by atoms with Crippen LogP contribution in [0.4, 0.5) is 0 Å². The smallest absolute Gasteiger partial charge is 0.303 e. The lowest BCUT2D eigenvalue weighted by molar-refractivity contribution is -0.138. The molecule has 7 heteroatoms. The highest BCUT2D eigenvalue weighted by molar-refractivity contribution is 5.85. The fourth-order valence-corrected chi connectivity index (χ4v) is 5.03. The van der Waals surface area contributed by atoms with Crippen LogP contribution in [0.1, 0.15) is 119 Å². The molecule has 2 aliphatic rings. The van der Waals surface area contributed by atoms with Crippen LogP contribution in [0.2, 0.25) is 0 Å². The van der Waals surface area contributed by atoms with Crippen molar-refractivity contribution in [1.29, 1.82) is 0 Å². The summed E-state index contributed by atoms with van der Waals surface area (Å²) in [4.78, 5) is 45.2. The van der Waals surface area contributed by atoms with Crippen molar-refractivity contribution in [2.24, 2.45) is 29.4 Å². The summed E-state index contributed by atoms with van der Waals surface area (Å²) < 4.78 is 0. The maximum atomic E-state index is 11.7. The Hall–Kier alpha value is -1.76. The molecule has 0 saturated heterocycles. The molecule has 2 saturated carbocycles. The van der Waals surface area contributed by atoms with E-state index in [1.165, 1.54) is 19.9 Å². The van der Waals surface area contributed by atoms with Crippen LogP contribution in [0.3, 0.4) is 0 Å². The molecule has 208 valence electrons. The molecule has 0 aliphatic heterocycles. The molecule has 7 nitrogen and oxygen atoms in total. The van der Waals surface area contributed by atoms with Gasteiger partial charge in [0.15, 0.2) is 0 Å². The number of rotatable bonds is 12. The van der Waals surface area contributed by atoms with E-state index < -0.39 is 5.97 Å². The highest BCUT2D eigenvalue weighted by Gasteiger charge is 2.35. The first kappa shape index (κ1) is 37.8. The standard InChI is InChI=1S/C13H23NO2.C12H20O3.CH5N.2CH4/c1-3-4-5-6-11-10(7-8-12(11)15)9-13(16)14-2;1-2-3-4-5-10-9(8-12(14)15)6-7-11(10)13;1-2;;/h10-11H,3-9H2,1-2H3,(H,14,16);9-10H,2-8H2,1H3,(H,14,15);2H2,1H3;2*1H4. The van der Waals surface area contributed by atoms with E-state index in [-0.39, 0.29) is 50.7 Å². The molecule has 35 heavy (non-hydrogen) atoms. The number of nitrogens with two attached hydrogens (primary N) is 1. The van der Waals surface area contributed by atoms with E-state index in [4.69, 9.17) is 5.11 Å². The Bertz CT molecular complexity index is 594. The highest BCUT2D eigenvalue weighted by Crippen LogP contribution is 2.35. The van der Waals surface area contributed by atoms with Crippen molar-refractivity contribution in [3.05, 3.63) is 0 Å². The minimum atomic E-state index is -0.768. The lowest BCUT2D eigenvalue weighted by atomic mass is 9.88. The maximum absolute atomic E-state index is 11.7. The third-order valence-corrected chi connectivity index (χ3v) is 6.89. The lowest BCUT2D eigenvalue weighted by Gasteiger charge is -2.17. The van der Waals surface area contributed by atoms with E-state index >= 15 is 0 Å². The van der Waals surface area contributed by atoms with Crippen molar-refractivity contribution in [3.8, 4) is 0 Å². The molecular formula is C28H56N2O5. The van der Waals surface area contributed by atoms with Gasteiger partial charge in [-0.1, -0.05) is 67.2 Å². The summed E-state index contributed by atoms with van der Waals surface area (Å²) >= 11 is 0. The van der Waals surface area contributed by atoms with Crippen LogP contribution in [0.5, 0.6) is 0 Å². The van der Waals surface area contributed by atoms with Crippen LogP contribution in [0.15, 0.2) is 0 Å². The van der Waals surface area contributed by atoms with Gasteiger partial charge in [0.05, 0.1) is 0 Å². The number of aliphatic carboxylic acids is 1. The van der Waals surface area contributed by atoms with Gasteiger partial charge in [0.1, 0.15) is 11.6 Å². The zero-order valence-corrected chi connectivity index (χ0v) is 21.4. The second kappa shape index (κ2) is 22.7. The van der Waals surface area contributed by atoms with Crippen molar-refractivity contribution in [2.45, 2.75) is 119 Å². The summed E-state index contributed by atoms with van der Waals surface area (Å²) in [7, 11) is 3.16. The summed E-state index contributed by atoms with van der Waals surface area (Å²) in [6.07, 6.45) is 12.4. The Balaban J connectivity index is -0.000000519. The van der Waals surface area contributed by atoms with E-state index in [9.17, 15) is 19.2 Å². The molecule has 0 aromatic carbocycles. The second-order valence-electron chi connectivity index (χ2n) is 9.21. The Kier molecular flexibility index (Phi) is 24.5. The van der Waals surface area contributed by atoms with Gasteiger partial charge in [-0.3, -0.25) is 19.2 Å². The molecule has 2 fully saturated rings. The number of carbonyl (C=O) groups is 4. The number of carbonyl (C=O) groups excluding carboxylic acids is 3. The quantitative estimate of drug-likeness (QED) is 0.291. The van der Waals surface area contributed by atoms with Gasteiger partial charge in [0, 0.05) is 44.6 Å². The summed E-state index contributed by atoms with van der Waals surface area (Å²) in [5.41, 5.74) is 4.50. The molecule has 0 heterocycles. The molecule has 1 amide bonds. The highest BCUT2D eigenvalue weighted by atomic mass is 16.4. The summed E-state index contributed by atoms with van der Waals surface area (Å²) in [6.45, 7) is 4.30. The molecule has 0 bridgehead atoms. The number of carboxylic acids is 1. The van der Waals surface area contributed by atoms with Gasteiger partial charge in [0.2, 0.25) is 5.91 Å². The monoisotopic (exact) mass is 500 g/mol. The lowest BCUT2D eigenvalue weighted by Crippen LogP contribution is -2.24. The normalized spacial score (nSPS) is 22.5. The van der Waals surface area contributed by atoms with Crippen molar-refractivity contribution in [3.63, 3.8) is 0 Å². The van der Waals surface area contributed by atoms with E-state index in [2.05, 4.69) is 24.9 Å². The molecule has 0 radical (unpaired) electrons. The van der Waals surface area contributed by atoms with Gasteiger partial charge in [-0.25, -0.2) is 0 Å². The number of Topliss-reactive ketones (excluding diaryl/α,β-unsaturated/α-hetero) is 2. The average Bonchev–Trinajstić information content (AvgIpc) is 3.32. The van der Waals surface area contributed by atoms with Crippen molar-refractivity contribution >= 4 is 23.4 Å². The zero-order valence-electron chi connectivity index (χ0n) is 21.4. The number of ketones is 2. The average molecular weight is 501 g/mol. The topological polar surface area (TPSA) is 127 Å². The van der Waals surface area contributed by atoms with Gasteiger partial charge in [-0.2, -0.15) is 0 Å². The predicted octanol–water partition coefficient (Wildman–Crippen LogP) is 5.78. The van der Waals surface area contributed by atoms with Crippen LogP contribution in [0.25, 0.3) is 0 Å². The van der Waals surface area contributed by atoms with Gasteiger partial charge in [0.25, 0.3) is 0 Å². The van der Waals surface area contributed by atoms with Crippen LogP contribution in [-0.2, 0) is 19.2 Å². The fourth-order valence-electron chi connectivity index (χ4n) is 5.03. The first-order valence-electron chi connectivity index (χ1n) is 12.9. The van der Waals surface area contributed by atoms with E-state index in [1.807, 2.05) is 0 Å². The van der Waals surface area contributed by atoms with Gasteiger partial charge >= 0.3 is 5.97 Å². The Morgan fingerprint density at radius 2 is 1.23 bits per heavy atom. The second-order valence-corrected chi connectivity index (χ2v) is 9.21. The Morgan fingerprint density at radius 1 is 0.829 bits per heavy atom. The fraction of sp³-hybridized carbons (Fsp3) is 0.857. The Morgan fingerprint density at radius 3 is 1.57 bits per heavy atom. The van der Waals surface area contributed by atoms with Crippen LogP contribution in [-0.4, -0.2) is 42.6 Å². The van der Waals surface area contributed by atoms with Crippen LogP contribution < -0.4 is 11.1 Å². The van der Waals surface area contributed by atoms with Gasteiger partial charge < -0.3 is 16.2 Å². The number of amides is 1. The van der Waals surface area contributed by atoms with E-state index in [0.717, 1.165) is 51.4 Å². The van der Waals surface area contributed by atoms with E-state index in [0.29, 0.717) is 31.0 Å². The number of hydrogen-bond donors (Lipinski definition) is 3. The first-order valence-corrected chi connectivity index (χ1v) is 12.9. The van der Waals surface area contributed by atoms with E-state index in [1.54, 1.807) is 7.05 Å². The van der Waals surface area contributed by atoms with Crippen molar-refractivity contribution < 1.29 is 24.3 Å². The molecule has 4 N–H and O–H groups in total. The third kappa shape index (κ3) is 15.1. The minimum absolute atomic E-state index is 0. The van der Waals surface area contributed by atoms with Gasteiger partial charge in [-0.15, -0.1) is 0 Å². The third-order valence-electron chi connectivity index (χ3n) is 6.89. The molecule has 0 spiro atoms. The molecule has 2 aliphatic carbocycles. The molecule has 0 aromatic heterocycles. The zero-order chi connectivity index (χ0) is 25.2. The number of nitrogens with one attached hydrogen (secondary N) is 1. The summed E-state index contributed by atoms with van der Waals surface area (Å²) in [5.74, 6) is 0.561. The van der Waals surface area contributed by atoms with Gasteiger partial charge in [-0.05, 0) is 44.6 Å². The molecule has 4 atom stereocenters. The van der Waals surface area contributed by atoms with Crippen LogP contribution >= 0.6 is 0 Å². The van der Waals surface area contributed by atoms with Crippen molar-refractivity contribution in [1.82, 2.24) is 5.32 Å². The molecule has 2 rings (SSSR count). The first-order chi connectivity index (χ1) is 15.8. The molecule has 0 aromatic rings. The largest absolute Gasteiger partial charge is 0.481 e. The maximum Gasteiger partial charge on any atom is 0.303 e. The SMILES string of the molecule is C.C.CCCCCC1C(=O)CCC1CC(=O)NC.CCCCCC1C(=O)CCC1CC(=O)O.CN. The molecular weight excluding hydrogens is 444 g/mol. The predicted molar refractivity (Wildman–Crippen MR) is 145 cm³/mol. The Labute approximate surface area is 215 Å². The summed E-state index contributed by atoms with van der Waals surface area (Å²) in [6, 6.07) is 0. The molecule has 4 unspecified atom stereocenters. The number of hydrogen-bond acceptors (Lipinski definition) is 5. The summed E-state index contributed by atoms with van der Waals surface area (Å²) in [5, 5.41) is 11.4. The number of unbranched alkanes of at least 4 members (excludes halogenated alkanes) is 4. The van der Waals surface area contributed by atoms with Crippen molar-refractivity contribution in [2.75, 3.05) is 14.1 Å². The number of carboxylic acid groups (broad SMARTS) is 1. The minimum Gasteiger partial charge on any atom is -0.481 e.